The Morgan fingerprint density at radius 1 is 1.80 bits per heavy atom. The molecule has 52 valence electrons. The topological polar surface area (TPSA) is 80.4 Å². The van der Waals surface area contributed by atoms with Crippen molar-refractivity contribution < 1.29 is 19.2 Å². The first-order valence-corrected chi connectivity index (χ1v) is 2.39. The van der Waals surface area contributed by atoms with E-state index in [1.54, 1.807) is 0 Å². The van der Waals surface area contributed by atoms with Crippen molar-refractivity contribution in [3.63, 3.8) is 0 Å². The van der Waals surface area contributed by atoms with Crippen LogP contribution in [0, 0.1) is 0 Å². The van der Waals surface area contributed by atoms with Gasteiger partial charge in [-0.1, -0.05) is 5.16 Å². The average Bonchev–Trinajstić information content (AvgIpc) is 2.34. The van der Waals surface area contributed by atoms with E-state index in [2.05, 4.69) is 9.68 Å². The van der Waals surface area contributed by atoms with Crippen LogP contribution < -0.4 is 0 Å². The summed E-state index contributed by atoms with van der Waals surface area (Å²) in [5.74, 6) is -1.57. The number of rotatable bonds is 2. The monoisotopic (exact) mass is 141 g/mol. The van der Waals surface area contributed by atoms with Crippen LogP contribution in [0.25, 0.3) is 0 Å². The van der Waals surface area contributed by atoms with Crippen molar-refractivity contribution >= 4 is 12.3 Å². The van der Waals surface area contributed by atoms with Crippen LogP contribution in [0.3, 0.4) is 0 Å². The molecule has 0 bridgehead atoms. The Morgan fingerprint density at radius 3 is 2.80 bits per heavy atom. The van der Waals surface area contributed by atoms with Gasteiger partial charge >= 0.3 is 5.97 Å². The minimum Gasteiger partial charge on any atom is -0.475 e. The second-order valence-corrected chi connectivity index (χ2v) is 1.54. The first-order valence-electron chi connectivity index (χ1n) is 2.39. The predicted molar refractivity (Wildman–Crippen MR) is 28.8 cm³/mol. The molecule has 0 aliphatic carbocycles. The maximum Gasteiger partial charge on any atom is 0.374 e. The Morgan fingerprint density at radius 2 is 2.50 bits per heavy atom. The second kappa shape index (κ2) is 2.30. The summed E-state index contributed by atoms with van der Waals surface area (Å²) in [5.41, 5.74) is -0.0163. The van der Waals surface area contributed by atoms with Crippen molar-refractivity contribution in [2.45, 2.75) is 0 Å². The van der Waals surface area contributed by atoms with Gasteiger partial charge in [-0.15, -0.1) is 0 Å². The van der Waals surface area contributed by atoms with Gasteiger partial charge < -0.3 is 9.63 Å². The van der Waals surface area contributed by atoms with E-state index in [9.17, 15) is 9.59 Å². The van der Waals surface area contributed by atoms with Crippen LogP contribution in [0.4, 0.5) is 0 Å². The van der Waals surface area contributed by atoms with Gasteiger partial charge in [0.2, 0.25) is 5.76 Å². The number of nitrogens with zero attached hydrogens (tertiary/aromatic N) is 1. The molecular formula is C5H3NO4. The Labute approximate surface area is 55.2 Å². The molecule has 0 saturated heterocycles. The summed E-state index contributed by atoms with van der Waals surface area (Å²) >= 11 is 0. The highest BCUT2D eigenvalue weighted by Gasteiger charge is 2.09. The number of aldehydes is 1. The van der Waals surface area contributed by atoms with Crippen LogP contribution in [-0.4, -0.2) is 22.5 Å². The number of carbonyl (C=O) groups excluding carboxylic acids is 1. The van der Waals surface area contributed by atoms with Crippen LogP contribution in [0.2, 0.25) is 0 Å². The van der Waals surface area contributed by atoms with E-state index in [0.717, 1.165) is 6.07 Å². The fourth-order valence-corrected chi connectivity index (χ4v) is 0.445. The van der Waals surface area contributed by atoms with Gasteiger partial charge in [-0.2, -0.15) is 0 Å². The lowest BCUT2D eigenvalue weighted by molar-refractivity contribution is 0.0651. The summed E-state index contributed by atoms with van der Waals surface area (Å²) in [6.45, 7) is 0. The molecule has 1 rings (SSSR count). The molecule has 0 aliphatic rings. The number of hydrogen-bond donors (Lipinski definition) is 1. The molecule has 0 aliphatic heterocycles. The van der Waals surface area contributed by atoms with E-state index in [0.29, 0.717) is 6.29 Å². The van der Waals surface area contributed by atoms with Gasteiger partial charge in [0.1, 0.15) is 5.69 Å². The number of hydrogen-bond acceptors (Lipinski definition) is 4. The quantitative estimate of drug-likeness (QED) is 0.594. The van der Waals surface area contributed by atoms with E-state index in [1.165, 1.54) is 0 Å². The second-order valence-electron chi connectivity index (χ2n) is 1.54. The Kier molecular flexibility index (Phi) is 1.49. The van der Waals surface area contributed by atoms with Crippen LogP contribution in [0.5, 0.6) is 0 Å². The molecule has 10 heavy (non-hydrogen) atoms. The summed E-state index contributed by atoms with van der Waals surface area (Å²) in [5, 5.41) is 11.4. The predicted octanol–water partition coefficient (Wildman–Crippen LogP) is 0.185. The van der Waals surface area contributed by atoms with Gasteiger partial charge in [-0.05, 0) is 0 Å². The lowest BCUT2D eigenvalue weighted by atomic mass is 10.4. The largest absolute Gasteiger partial charge is 0.475 e. The number of carboxylic acids is 1. The Hall–Kier alpha value is -1.65. The summed E-state index contributed by atoms with van der Waals surface area (Å²) in [7, 11) is 0. The normalized spacial score (nSPS) is 9.20. The molecule has 0 saturated carbocycles. The third kappa shape index (κ3) is 1.02. The van der Waals surface area contributed by atoms with Crippen molar-refractivity contribution in [2.24, 2.45) is 0 Å². The summed E-state index contributed by atoms with van der Waals surface area (Å²) in [6.07, 6.45) is 0.413. The fraction of sp³-hybridized carbons (Fsp3) is 0. The zero-order valence-electron chi connectivity index (χ0n) is 4.77. The fourth-order valence-electron chi connectivity index (χ4n) is 0.445. The number of carboxylic acid groups (broad SMARTS) is 1. The highest BCUT2D eigenvalue weighted by molar-refractivity contribution is 5.86. The molecule has 1 N–H and O–H groups in total. The van der Waals surface area contributed by atoms with Crippen LogP contribution in [0.1, 0.15) is 21.0 Å². The molecule has 0 fully saturated rings. The van der Waals surface area contributed by atoms with E-state index in [-0.39, 0.29) is 11.5 Å². The SMILES string of the molecule is O=Cc1cc(C(=O)O)on1. The minimum atomic E-state index is -1.24. The van der Waals surface area contributed by atoms with Gasteiger partial charge in [0.15, 0.2) is 6.29 Å². The molecule has 5 heteroatoms. The van der Waals surface area contributed by atoms with Gasteiger partial charge in [0, 0.05) is 6.07 Å². The minimum absolute atomic E-state index is 0.0163. The third-order valence-corrected chi connectivity index (χ3v) is 0.860. The van der Waals surface area contributed by atoms with E-state index >= 15 is 0 Å². The Bertz CT molecular complexity index is 264. The van der Waals surface area contributed by atoms with Crippen LogP contribution in [0.15, 0.2) is 10.6 Å². The first-order chi connectivity index (χ1) is 4.74. The van der Waals surface area contributed by atoms with Gasteiger partial charge in [-0.3, -0.25) is 4.79 Å². The van der Waals surface area contributed by atoms with Crippen LogP contribution >= 0.6 is 0 Å². The molecule has 0 unspecified atom stereocenters. The van der Waals surface area contributed by atoms with Crippen molar-refractivity contribution in [3.8, 4) is 0 Å². The first kappa shape index (κ1) is 6.47. The highest BCUT2D eigenvalue weighted by Crippen LogP contribution is 1.99. The standard InChI is InChI=1S/C5H3NO4/c7-2-3-1-4(5(8)9)10-6-3/h1-2H,(H,8,9). The molecule has 5 nitrogen and oxygen atoms in total. The highest BCUT2D eigenvalue weighted by atomic mass is 16.5. The molecular weight excluding hydrogens is 138 g/mol. The van der Waals surface area contributed by atoms with E-state index in [4.69, 9.17) is 5.11 Å². The smallest absolute Gasteiger partial charge is 0.374 e. The van der Waals surface area contributed by atoms with Crippen molar-refractivity contribution in [1.29, 1.82) is 0 Å². The number of carbonyl (C=O) groups is 2. The van der Waals surface area contributed by atoms with Gasteiger partial charge in [-0.25, -0.2) is 4.79 Å². The van der Waals surface area contributed by atoms with Gasteiger partial charge in [0.05, 0.1) is 0 Å². The van der Waals surface area contributed by atoms with E-state index < -0.39 is 5.97 Å². The zero-order valence-corrected chi connectivity index (χ0v) is 4.77. The molecule has 1 aromatic rings. The summed E-state index contributed by atoms with van der Waals surface area (Å²) in [4.78, 5) is 20.0. The van der Waals surface area contributed by atoms with Gasteiger partial charge in [0.25, 0.3) is 0 Å². The maximum absolute atomic E-state index is 10.1. The Balaban J connectivity index is 2.98. The molecule has 1 heterocycles. The number of aromatic nitrogens is 1. The van der Waals surface area contributed by atoms with Crippen molar-refractivity contribution in [2.75, 3.05) is 0 Å². The molecule has 0 aromatic carbocycles. The average molecular weight is 141 g/mol. The lowest BCUT2D eigenvalue weighted by Crippen LogP contribution is -1.91. The molecule has 1 aromatic heterocycles. The molecule has 0 amide bonds. The third-order valence-electron chi connectivity index (χ3n) is 0.860. The zero-order chi connectivity index (χ0) is 7.56. The van der Waals surface area contributed by atoms with Crippen molar-refractivity contribution in [1.82, 2.24) is 5.16 Å². The molecule has 0 spiro atoms. The van der Waals surface area contributed by atoms with Crippen LogP contribution in [-0.2, 0) is 0 Å². The van der Waals surface area contributed by atoms with Crippen molar-refractivity contribution in [3.05, 3.63) is 17.5 Å². The number of aromatic carboxylic acids is 1. The molecule has 0 atom stereocenters. The summed E-state index contributed by atoms with van der Waals surface area (Å²) < 4.78 is 4.24. The lowest BCUT2D eigenvalue weighted by Gasteiger charge is -1.76. The summed E-state index contributed by atoms with van der Waals surface area (Å²) in [6, 6.07) is 1.05. The maximum atomic E-state index is 10.1. The van der Waals surface area contributed by atoms with E-state index in [1.807, 2.05) is 0 Å². The molecule has 0 radical (unpaired) electrons.